The molecule has 1 aromatic carbocycles. The van der Waals surface area contributed by atoms with Crippen LogP contribution in [0.1, 0.15) is 38.3 Å². The van der Waals surface area contributed by atoms with Crippen LogP contribution in [0, 0.1) is 0 Å². The van der Waals surface area contributed by atoms with Gasteiger partial charge >= 0.3 is 0 Å². The number of nitrogens with zero attached hydrogens (tertiary/aromatic N) is 1. The normalized spacial score (nSPS) is 14.6. The van der Waals surface area contributed by atoms with Crippen molar-refractivity contribution in [3.63, 3.8) is 0 Å². The van der Waals surface area contributed by atoms with Crippen molar-refractivity contribution in [2.24, 2.45) is 5.73 Å². The highest BCUT2D eigenvalue weighted by Gasteiger charge is 2.17. The van der Waals surface area contributed by atoms with Gasteiger partial charge in [0.2, 0.25) is 15.9 Å². The number of carbonyl (C=O) groups is 1. The molecule has 124 valence electrons. The van der Waals surface area contributed by atoms with Crippen LogP contribution in [0.5, 0.6) is 0 Å². The second-order valence-electron chi connectivity index (χ2n) is 5.66. The molecule has 1 aromatic rings. The summed E-state index contributed by atoms with van der Waals surface area (Å²) in [5.41, 5.74) is 6.48. The van der Waals surface area contributed by atoms with E-state index in [1.807, 2.05) is 13.8 Å². The summed E-state index contributed by atoms with van der Waals surface area (Å²) in [7, 11) is -0.447. The Hall–Kier alpha value is -1.44. The molecule has 0 heterocycles. The molecule has 1 amide bonds. The number of carbonyl (C=O) groups excluding carboxylic acids is 1. The van der Waals surface area contributed by atoms with E-state index in [1.54, 1.807) is 24.3 Å². The number of sulfonamides is 1. The van der Waals surface area contributed by atoms with Crippen LogP contribution in [0.4, 0.5) is 0 Å². The lowest BCUT2D eigenvalue weighted by molar-refractivity contribution is -0.121. The van der Waals surface area contributed by atoms with Gasteiger partial charge in [-0.25, -0.2) is 12.7 Å². The minimum absolute atomic E-state index is 0.00317. The number of rotatable bonds is 7. The minimum atomic E-state index is -3.43. The second-order valence-corrected chi connectivity index (χ2v) is 7.81. The van der Waals surface area contributed by atoms with Gasteiger partial charge in [0.1, 0.15) is 0 Å². The summed E-state index contributed by atoms with van der Waals surface area (Å²) in [6, 6.07) is 6.35. The lowest BCUT2D eigenvalue weighted by Gasteiger charge is -2.16. The topological polar surface area (TPSA) is 92.5 Å². The van der Waals surface area contributed by atoms with Crippen LogP contribution in [-0.4, -0.2) is 38.8 Å². The van der Waals surface area contributed by atoms with E-state index in [2.05, 4.69) is 5.32 Å². The molecule has 0 saturated heterocycles. The van der Waals surface area contributed by atoms with Crippen molar-refractivity contribution in [3.05, 3.63) is 29.8 Å². The zero-order valence-corrected chi connectivity index (χ0v) is 14.4. The van der Waals surface area contributed by atoms with Crippen molar-refractivity contribution in [1.82, 2.24) is 9.62 Å². The average molecular weight is 327 g/mol. The Kier molecular flexibility index (Phi) is 6.52. The van der Waals surface area contributed by atoms with Crippen molar-refractivity contribution in [2.75, 3.05) is 14.1 Å². The highest BCUT2D eigenvalue weighted by molar-refractivity contribution is 7.89. The Morgan fingerprint density at radius 1 is 1.23 bits per heavy atom. The largest absolute Gasteiger partial charge is 0.350 e. The number of hydrogen-bond donors (Lipinski definition) is 2. The summed E-state index contributed by atoms with van der Waals surface area (Å²) in [4.78, 5) is 12.0. The summed E-state index contributed by atoms with van der Waals surface area (Å²) in [5.74, 6) is -0.0604. The van der Waals surface area contributed by atoms with Crippen LogP contribution in [0.15, 0.2) is 29.2 Å². The first kappa shape index (κ1) is 18.6. The van der Waals surface area contributed by atoms with Crippen LogP contribution in [0.2, 0.25) is 0 Å². The third-order valence-corrected chi connectivity index (χ3v) is 5.19. The van der Waals surface area contributed by atoms with Gasteiger partial charge in [-0.15, -0.1) is 0 Å². The minimum Gasteiger partial charge on any atom is -0.350 e. The molecule has 3 N–H and O–H groups in total. The monoisotopic (exact) mass is 327 g/mol. The van der Waals surface area contributed by atoms with Gasteiger partial charge < -0.3 is 11.1 Å². The first-order valence-corrected chi connectivity index (χ1v) is 8.66. The lowest BCUT2D eigenvalue weighted by Crippen LogP contribution is -2.28. The van der Waals surface area contributed by atoms with E-state index in [0.717, 1.165) is 5.56 Å². The third kappa shape index (κ3) is 5.08. The standard InChI is InChI=1S/C15H25N3O3S/c1-11(16)5-10-15(19)17-12(2)13-6-8-14(9-7-13)22(20,21)18(3)4/h6-9,11-12H,5,10,16H2,1-4H3,(H,17,19). The molecule has 0 saturated carbocycles. The van der Waals surface area contributed by atoms with Gasteiger partial charge in [0.25, 0.3) is 0 Å². The van der Waals surface area contributed by atoms with Gasteiger partial charge in [0.05, 0.1) is 10.9 Å². The average Bonchev–Trinajstić information content (AvgIpc) is 2.45. The molecule has 0 aliphatic carbocycles. The van der Waals surface area contributed by atoms with Crippen molar-refractivity contribution in [1.29, 1.82) is 0 Å². The van der Waals surface area contributed by atoms with Crippen LogP contribution in [0.3, 0.4) is 0 Å². The van der Waals surface area contributed by atoms with E-state index in [4.69, 9.17) is 5.73 Å². The van der Waals surface area contributed by atoms with Gasteiger partial charge in [-0.1, -0.05) is 12.1 Å². The zero-order valence-electron chi connectivity index (χ0n) is 13.5. The van der Waals surface area contributed by atoms with Crippen LogP contribution in [-0.2, 0) is 14.8 Å². The Morgan fingerprint density at radius 2 is 1.77 bits per heavy atom. The molecule has 0 aliphatic heterocycles. The van der Waals surface area contributed by atoms with Gasteiger partial charge in [0.15, 0.2) is 0 Å². The van der Waals surface area contributed by atoms with E-state index in [9.17, 15) is 13.2 Å². The van der Waals surface area contributed by atoms with E-state index in [1.165, 1.54) is 18.4 Å². The van der Waals surface area contributed by atoms with Crippen LogP contribution in [0.25, 0.3) is 0 Å². The lowest BCUT2D eigenvalue weighted by atomic mass is 10.1. The SMILES string of the molecule is CC(N)CCC(=O)NC(C)c1ccc(S(=O)(=O)N(C)C)cc1. The molecule has 22 heavy (non-hydrogen) atoms. The molecular weight excluding hydrogens is 302 g/mol. The molecule has 0 fully saturated rings. The maximum Gasteiger partial charge on any atom is 0.242 e. The molecule has 2 unspecified atom stereocenters. The fourth-order valence-electron chi connectivity index (χ4n) is 1.90. The van der Waals surface area contributed by atoms with Crippen LogP contribution >= 0.6 is 0 Å². The number of nitrogens with two attached hydrogens (primary N) is 1. The number of hydrogen-bond acceptors (Lipinski definition) is 4. The third-order valence-electron chi connectivity index (χ3n) is 3.36. The molecule has 0 radical (unpaired) electrons. The molecule has 0 aliphatic rings. The molecule has 1 rings (SSSR count). The van der Waals surface area contributed by atoms with Crippen molar-refractivity contribution >= 4 is 15.9 Å². The molecule has 7 heteroatoms. The number of benzene rings is 1. The predicted molar refractivity (Wildman–Crippen MR) is 86.8 cm³/mol. The highest BCUT2D eigenvalue weighted by atomic mass is 32.2. The van der Waals surface area contributed by atoms with Crippen molar-refractivity contribution in [2.45, 2.75) is 43.7 Å². The number of amides is 1. The fraction of sp³-hybridized carbons (Fsp3) is 0.533. The first-order valence-electron chi connectivity index (χ1n) is 7.22. The van der Waals surface area contributed by atoms with Gasteiger partial charge in [-0.3, -0.25) is 4.79 Å². The van der Waals surface area contributed by atoms with E-state index < -0.39 is 10.0 Å². The van der Waals surface area contributed by atoms with E-state index >= 15 is 0 Å². The zero-order chi connectivity index (χ0) is 16.9. The Bertz CT molecular complexity index is 595. The Balaban J connectivity index is 2.72. The summed E-state index contributed by atoms with van der Waals surface area (Å²) < 4.78 is 25.1. The quantitative estimate of drug-likeness (QED) is 0.788. The highest BCUT2D eigenvalue weighted by Crippen LogP contribution is 2.18. The Labute approximate surface area is 132 Å². The van der Waals surface area contributed by atoms with Gasteiger partial charge in [-0.05, 0) is 38.0 Å². The second kappa shape index (κ2) is 7.71. The summed E-state index contributed by atoms with van der Waals surface area (Å²) in [5, 5.41) is 2.88. The smallest absolute Gasteiger partial charge is 0.242 e. The fourth-order valence-corrected chi connectivity index (χ4v) is 2.80. The molecule has 2 atom stereocenters. The number of nitrogens with one attached hydrogen (secondary N) is 1. The van der Waals surface area contributed by atoms with Crippen LogP contribution < -0.4 is 11.1 Å². The molecular formula is C15H25N3O3S. The van der Waals surface area contributed by atoms with Gasteiger partial charge in [-0.2, -0.15) is 0 Å². The molecule has 0 spiro atoms. The summed E-state index contributed by atoms with van der Waals surface area (Å²) >= 11 is 0. The molecule has 0 aromatic heterocycles. The summed E-state index contributed by atoms with van der Waals surface area (Å²) in [6.45, 7) is 3.72. The van der Waals surface area contributed by atoms with Crippen molar-refractivity contribution in [3.8, 4) is 0 Å². The van der Waals surface area contributed by atoms with Gasteiger partial charge in [0, 0.05) is 26.6 Å². The maximum atomic E-state index is 12.0. The predicted octanol–water partition coefficient (Wildman–Crippen LogP) is 1.24. The van der Waals surface area contributed by atoms with E-state index in [-0.39, 0.29) is 22.9 Å². The van der Waals surface area contributed by atoms with Crippen molar-refractivity contribution < 1.29 is 13.2 Å². The molecule has 0 bridgehead atoms. The molecule has 6 nitrogen and oxygen atoms in total. The summed E-state index contributed by atoms with van der Waals surface area (Å²) in [6.07, 6.45) is 1.02. The Morgan fingerprint density at radius 3 is 2.23 bits per heavy atom. The van der Waals surface area contributed by atoms with E-state index in [0.29, 0.717) is 12.8 Å². The first-order chi connectivity index (χ1) is 10.1. The maximum absolute atomic E-state index is 12.0.